The van der Waals surface area contributed by atoms with Gasteiger partial charge in [-0.1, -0.05) is 0 Å². The zero-order valence-corrected chi connectivity index (χ0v) is 11.6. The van der Waals surface area contributed by atoms with E-state index in [1.54, 1.807) is 7.11 Å². The fourth-order valence-corrected chi connectivity index (χ4v) is 2.29. The molecule has 0 spiro atoms. The van der Waals surface area contributed by atoms with Gasteiger partial charge in [0, 0.05) is 5.69 Å². The first-order chi connectivity index (χ1) is 9.01. The van der Waals surface area contributed by atoms with E-state index in [4.69, 9.17) is 10.5 Å². The van der Waals surface area contributed by atoms with Crippen molar-refractivity contribution in [1.82, 2.24) is 4.57 Å². The average Bonchev–Trinajstić information content (AvgIpc) is 2.61. The summed E-state index contributed by atoms with van der Waals surface area (Å²) in [4.78, 5) is 0. The Morgan fingerprint density at radius 1 is 1.26 bits per heavy atom. The Hall–Kier alpha value is -2.41. The standard InChI is InChI=1S/C15H17N3O/c1-9-7-12(19-4)5-6-14(9)18-11(3)10(2)13(8-16)15(18)17/h5-7H,17H2,1-4H3. The van der Waals surface area contributed by atoms with Crippen LogP contribution < -0.4 is 10.5 Å². The number of nitriles is 1. The van der Waals surface area contributed by atoms with Crippen LogP contribution in [0.15, 0.2) is 18.2 Å². The van der Waals surface area contributed by atoms with Crippen LogP contribution in [-0.4, -0.2) is 11.7 Å². The summed E-state index contributed by atoms with van der Waals surface area (Å²) in [6, 6.07) is 7.97. The Labute approximate surface area is 113 Å². The molecule has 0 atom stereocenters. The van der Waals surface area contributed by atoms with Gasteiger partial charge >= 0.3 is 0 Å². The lowest BCUT2D eigenvalue weighted by Gasteiger charge is -2.13. The van der Waals surface area contributed by atoms with Crippen LogP contribution in [0.4, 0.5) is 5.82 Å². The highest BCUT2D eigenvalue weighted by atomic mass is 16.5. The number of ether oxygens (including phenoxy) is 1. The highest BCUT2D eigenvalue weighted by Crippen LogP contribution is 2.30. The van der Waals surface area contributed by atoms with Gasteiger partial charge in [0.25, 0.3) is 0 Å². The Balaban J connectivity index is 2.70. The van der Waals surface area contributed by atoms with Crippen molar-refractivity contribution >= 4 is 5.82 Å². The maximum absolute atomic E-state index is 9.17. The summed E-state index contributed by atoms with van der Waals surface area (Å²) < 4.78 is 7.12. The molecule has 0 aliphatic heterocycles. The first-order valence-electron chi connectivity index (χ1n) is 6.03. The zero-order valence-electron chi connectivity index (χ0n) is 11.6. The molecule has 0 amide bonds. The quantitative estimate of drug-likeness (QED) is 0.897. The van der Waals surface area contributed by atoms with Crippen LogP contribution in [0.1, 0.15) is 22.4 Å². The second-order valence-corrected chi connectivity index (χ2v) is 4.57. The second kappa shape index (κ2) is 4.69. The van der Waals surface area contributed by atoms with Gasteiger partial charge in [0.2, 0.25) is 0 Å². The van der Waals surface area contributed by atoms with Crippen molar-refractivity contribution in [2.24, 2.45) is 0 Å². The summed E-state index contributed by atoms with van der Waals surface area (Å²) in [5.41, 5.74) is 10.6. The van der Waals surface area contributed by atoms with E-state index in [0.717, 1.165) is 28.3 Å². The van der Waals surface area contributed by atoms with Gasteiger partial charge in [0.05, 0.1) is 18.4 Å². The molecule has 0 bridgehead atoms. The summed E-state index contributed by atoms with van der Waals surface area (Å²) in [5, 5.41) is 9.17. The van der Waals surface area contributed by atoms with Gasteiger partial charge in [-0.25, -0.2) is 0 Å². The smallest absolute Gasteiger partial charge is 0.126 e. The maximum atomic E-state index is 9.17. The predicted octanol–water partition coefficient (Wildman–Crippen LogP) is 2.87. The van der Waals surface area contributed by atoms with E-state index in [9.17, 15) is 5.26 Å². The Morgan fingerprint density at radius 2 is 1.95 bits per heavy atom. The van der Waals surface area contributed by atoms with Gasteiger partial charge in [-0.2, -0.15) is 5.26 Å². The van der Waals surface area contributed by atoms with Crippen molar-refractivity contribution in [3.63, 3.8) is 0 Å². The third-order valence-electron chi connectivity index (χ3n) is 3.51. The molecule has 0 aliphatic carbocycles. The van der Waals surface area contributed by atoms with Crippen LogP contribution in [0.5, 0.6) is 5.75 Å². The monoisotopic (exact) mass is 255 g/mol. The molecule has 2 rings (SSSR count). The average molecular weight is 255 g/mol. The number of methoxy groups -OCH3 is 1. The number of hydrogen-bond donors (Lipinski definition) is 1. The summed E-state index contributed by atoms with van der Waals surface area (Å²) in [6.45, 7) is 5.88. The Bertz CT molecular complexity index is 678. The first-order valence-corrected chi connectivity index (χ1v) is 6.03. The summed E-state index contributed by atoms with van der Waals surface area (Å²) in [6.07, 6.45) is 0. The minimum Gasteiger partial charge on any atom is -0.497 e. The molecule has 2 N–H and O–H groups in total. The topological polar surface area (TPSA) is 64.0 Å². The van der Waals surface area contributed by atoms with Crippen LogP contribution in [0.3, 0.4) is 0 Å². The molecule has 19 heavy (non-hydrogen) atoms. The summed E-state index contributed by atoms with van der Waals surface area (Å²) >= 11 is 0. The van der Waals surface area contributed by atoms with Crippen molar-refractivity contribution < 1.29 is 4.74 Å². The van der Waals surface area contributed by atoms with E-state index in [2.05, 4.69) is 6.07 Å². The van der Waals surface area contributed by atoms with E-state index in [1.165, 1.54) is 0 Å². The van der Waals surface area contributed by atoms with Crippen LogP contribution in [0.2, 0.25) is 0 Å². The van der Waals surface area contributed by atoms with Crippen LogP contribution >= 0.6 is 0 Å². The molecular weight excluding hydrogens is 238 g/mol. The van der Waals surface area contributed by atoms with Crippen molar-refractivity contribution in [2.75, 3.05) is 12.8 Å². The van der Waals surface area contributed by atoms with Crippen LogP contribution in [-0.2, 0) is 0 Å². The molecule has 0 fully saturated rings. The summed E-state index contributed by atoms with van der Waals surface area (Å²) in [7, 11) is 1.64. The molecule has 0 radical (unpaired) electrons. The molecule has 4 heteroatoms. The highest BCUT2D eigenvalue weighted by Gasteiger charge is 2.17. The molecule has 1 aromatic carbocycles. The minimum absolute atomic E-state index is 0.491. The maximum Gasteiger partial charge on any atom is 0.126 e. The fraction of sp³-hybridized carbons (Fsp3) is 0.267. The van der Waals surface area contributed by atoms with Gasteiger partial charge in [0.15, 0.2) is 0 Å². The van der Waals surface area contributed by atoms with Gasteiger partial charge < -0.3 is 10.5 Å². The second-order valence-electron chi connectivity index (χ2n) is 4.57. The van der Waals surface area contributed by atoms with Gasteiger partial charge in [-0.15, -0.1) is 0 Å². The molecule has 0 saturated heterocycles. The van der Waals surface area contributed by atoms with E-state index in [0.29, 0.717) is 11.4 Å². The van der Waals surface area contributed by atoms with E-state index in [-0.39, 0.29) is 0 Å². The molecule has 1 aromatic heterocycles. The predicted molar refractivity (Wildman–Crippen MR) is 75.7 cm³/mol. The molecule has 1 heterocycles. The number of nitrogens with zero attached hydrogens (tertiary/aromatic N) is 2. The Morgan fingerprint density at radius 3 is 2.42 bits per heavy atom. The minimum atomic E-state index is 0.491. The lowest BCUT2D eigenvalue weighted by Crippen LogP contribution is -2.04. The molecule has 2 aromatic rings. The van der Waals surface area contributed by atoms with Crippen LogP contribution in [0.25, 0.3) is 5.69 Å². The number of aryl methyl sites for hydroxylation is 1. The number of aromatic nitrogens is 1. The van der Waals surface area contributed by atoms with Crippen molar-refractivity contribution in [3.8, 4) is 17.5 Å². The fourth-order valence-electron chi connectivity index (χ4n) is 2.29. The highest BCUT2D eigenvalue weighted by molar-refractivity contribution is 5.63. The normalized spacial score (nSPS) is 10.3. The van der Waals surface area contributed by atoms with Crippen LogP contribution in [0, 0.1) is 32.1 Å². The number of anilines is 1. The lowest BCUT2D eigenvalue weighted by atomic mass is 10.2. The number of rotatable bonds is 2. The van der Waals surface area contributed by atoms with Gasteiger partial charge in [-0.05, 0) is 50.1 Å². The third-order valence-corrected chi connectivity index (χ3v) is 3.51. The van der Waals surface area contributed by atoms with E-state index in [1.807, 2.05) is 43.5 Å². The van der Waals surface area contributed by atoms with E-state index >= 15 is 0 Å². The number of nitrogen functional groups attached to an aromatic ring is 1. The molecule has 98 valence electrons. The molecule has 4 nitrogen and oxygen atoms in total. The molecule has 0 saturated carbocycles. The molecule has 0 unspecified atom stereocenters. The van der Waals surface area contributed by atoms with Crippen molar-refractivity contribution in [2.45, 2.75) is 20.8 Å². The number of nitrogens with two attached hydrogens (primary N) is 1. The Kier molecular flexibility index (Phi) is 3.22. The zero-order chi connectivity index (χ0) is 14.2. The molecule has 0 aliphatic rings. The van der Waals surface area contributed by atoms with E-state index < -0.39 is 0 Å². The SMILES string of the molecule is COc1ccc(-n2c(C)c(C)c(C#N)c2N)c(C)c1. The summed E-state index contributed by atoms with van der Waals surface area (Å²) in [5.74, 6) is 1.30. The molecular formula is C15H17N3O. The largest absolute Gasteiger partial charge is 0.497 e. The third kappa shape index (κ3) is 1.93. The van der Waals surface area contributed by atoms with Crippen molar-refractivity contribution in [1.29, 1.82) is 5.26 Å². The van der Waals surface area contributed by atoms with Crippen molar-refractivity contribution in [3.05, 3.63) is 40.6 Å². The first kappa shape index (κ1) is 13.0. The lowest BCUT2D eigenvalue weighted by molar-refractivity contribution is 0.414. The van der Waals surface area contributed by atoms with Gasteiger partial charge in [0.1, 0.15) is 17.6 Å². The van der Waals surface area contributed by atoms with Gasteiger partial charge in [-0.3, -0.25) is 4.57 Å². The number of benzene rings is 1. The number of hydrogen-bond acceptors (Lipinski definition) is 3.